The van der Waals surface area contributed by atoms with Crippen LogP contribution < -0.4 is 38.1 Å². The number of nitrogens with two attached hydrogens (primary N) is 2. The van der Waals surface area contributed by atoms with Gasteiger partial charge >= 0.3 is 0 Å². The maximum absolute atomic E-state index is 14.1. The third-order valence-corrected chi connectivity index (χ3v) is 8.86. The third kappa shape index (κ3) is 11.7. The fourth-order valence-corrected chi connectivity index (χ4v) is 6.06. The Bertz CT molecular complexity index is 2020. The lowest BCUT2D eigenvalue weighted by atomic mass is 10.0. The summed E-state index contributed by atoms with van der Waals surface area (Å²) < 4.78 is 14.3. The number of guanidine groups is 1. The predicted molar refractivity (Wildman–Crippen MR) is 200 cm³/mol. The standard InChI is InChI=1S/C37H44FN11O6/c38-13-15-49-21-26(47-48-49)19-31-36(55)44-28(6-3-14-41-37(39)40)34(53)45-29(18-23-7-10-24-4-1-2-5-25(24)16-23)33(52)42-20-32(51)43-30(35(54)46-31)17-22-8-11-27(50)12-9-22/h1-2,4-5,7-12,16,21,28-31,50H,3,6,13-15,17-20H2,(H,42,52)(H,43,51)(H,44,55)(H,45,53)(H,46,54)(H4,39,40,41)/t28-,29-,30+,31-/m0/s1/i38-1. The highest BCUT2D eigenvalue weighted by Crippen LogP contribution is 2.17. The fraction of sp³-hybridized carbons (Fsp3) is 0.351. The molecule has 1 saturated heterocycles. The van der Waals surface area contributed by atoms with E-state index in [1.807, 2.05) is 42.5 Å². The number of hydrogen-bond acceptors (Lipinski definition) is 9. The summed E-state index contributed by atoms with van der Waals surface area (Å²) in [7, 11) is 0. The molecule has 0 saturated carbocycles. The van der Waals surface area contributed by atoms with Gasteiger partial charge in [-0.15, -0.1) is 5.10 Å². The minimum atomic E-state index is -1.35. The summed E-state index contributed by atoms with van der Waals surface area (Å²) in [5, 5.41) is 32.9. The number of nitrogens with zero attached hydrogens (tertiary/aromatic N) is 4. The van der Waals surface area contributed by atoms with E-state index in [0.717, 1.165) is 16.3 Å². The van der Waals surface area contributed by atoms with Crippen molar-refractivity contribution in [2.24, 2.45) is 16.5 Å². The first-order chi connectivity index (χ1) is 26.5. The van der Waals surface area contributed by atoms with E-state index in [1.54, 1.807) is 12.1 Å². The average Bonchev–Trinajstić information content (AvgIpc) is 3.61. The van der Waals surface area contributed by atoms with Crippen molar-refractivity contribution < 1.29 is 33.5 Å². The number of alkyl halides is 1. The van der Waals surface area contributed by atoms with Crippen molar-refractivity contribution in [3.63, 3.8) is 0 Å². The van der Waals surface area contributed by atoms with E-state index in [2.05, 4.69) is 41.9 Å². The number of carbonyl (C=O) groups is 5. The van der Waals surface area contributed by atoms with E-state index in [9.17, 15) is 33.5 Å². The molecular formula is C37H44FN11O6. The molecule has 1 fully saturated rings. The molecule has 5 amide bonds. The van der Waals surface area contributed by atoms with Crippen LogP contribution in [0.4, 0.5) is 4.39 Å². The van der Waals surface area contributed by atoms with Crippen LogP contribution in [0.1, 0.15) is 29.7 Å². The number of phenols is 1. The van der Waals surface area contributed by atoms with Crippen LogP contribution in [0.25, 0.3) is 10.8 Å². The van der Waals surface area contributed by atoms with E-state index in [4.69, 9.17) is 11.5 Å². The zero-order valence-electron chi connectivity index (χ0n) is 29.9. The van der Waals surface area contributed by atoms with Gasteiger partial charge in [0.25, 0.3) is 0 Å². The number of phenolic OH excluding ortho intramolecular Hbond substituents is 1. The molecule has 1 aromatic heterocycles. The summed E-state index contributed by atoms with van der Waals surface area (Å²) in [6.07, 6.45) is 1.49. The lowest BCUT2D eigenvalue weighted by Gasteiger charge is -2.26. The molecule has 0 unspecified atom stereocenters. The van der Waals surface area contributed by atoms with Crippen molar-refractivity contribution in [3.8, 4) is 5.75 Å². The van der Waals surface area contributed by atoms with Crippen LogP contribution in [-0.2, 0) is 49.8 Å². The number of aryl methyl sites for hydroxylation is 1. The quantitative estimate of drug-likeness (QED) is 0.0510. The van der Waals surface area contributed by atoms with E-state index in [0.29, 0.717) is 5.56 Å². The number of aliphatic imine (C=N–C) groups is 1. The maximum atomic E-state index is 14.1. The molecule has 5 rings (SSSR count). The first-order valence-corrected chi connectivity index (χ1v) is 17.7. The SMILES string of the molecule is NC(N)=NCCC[C@@H]1NC(=O)[C@H](Cc2cn(CC[18F])nn2)NC(=O)[C@@H](Cc2ccc(O)cc2)NC(=O)CNC(=O)[C@H](Cc2ccc3ccccc3c2)NC1=O. The number of aromatic nitrogens is 3. The van der Waals surface area contributed by atoms with Crippen molar-refractivity contribution >= 4 is 46.3 Å². The predicted octanol–water partition coefficient (Wildman–Crippen LogP) is -0.743. The fourth-order valence-electron chi connectivity index (χ4n) is 6.06. The Morgan fingerprint density at radius 2 is 1.40 bits per heavy atom. The van der Waals surface area contributed by atoms with Crippen LogP contribution in [-0.4, -0.2) is 99.5 Å². The van der Waals surface area contributed by atoms with Crippen LogP contribution in [0.2, 0.25) is 0 Å². The van der Waals surface area contributed by atoms with Gasteiger partial charge in [-0.25, -0.2) is 9.07 Å². The van der Waals surface area contributed by atoms with E-state index >= 15 is 0 Å². The summed E-state index contributed by atoms with van der Waals surface area (Å²) in [5.41, 5.74) is 12.5. The van der Waals surface area contributed by atoms with Gasteiger partial charge in [-0.3, -0.25) is 29.0 Å². The molecule has 2 heterocycles. The van der Waals surface area contributed by atoms with E-state index in [1.165, 1.54) is 23.0 Å². The first-order valence-electron chi connectivity index (χ1n) is 17.7. The molecule has 0 spiro atoms. The molecule has 4 aromatic rings. The topological polar surface area (TPSA) is 261 Å². The summed E-state index contributed by atoms with van der Waals surface area (Å²) >= 11 is 0. The summed E-state index contributed by atoms with van der Waals surface area (Å²) in [4.78, 5) is 72.9. The Kier molecular flexibility index (Phi) is 13.6. The molecule has 18 heteroatoms. The van der Waals surface area contributed by atoms with Crippen LogP contribution in [0.5, 0.6) is 5.75 Å². The Hall–Kier alpha value is -6.59. The third-order valence-electron chi connectivity index (χ3n) is 8.86. The Labute approximate surface area is 315 Å². The normalized spacial score (nSPS) is 19.9. The number of aromatic hydroxyl groups is 1. The van der Waals surface area contributed by atoms with Crippen LogP contribution in [0.15, 0.2) is 77.9 Å². The van der Waals surface area contributed by atoms with Crippen molar-refractivity contribution in [2.45, 2.75) is 62.8 Å². The average molecular weight is 757 g/mol. The lowest BCUT2D eigenvalue weighted by molar-refractivity contribution is -0.134. The van der Waals surface area contributed by atoms with Gasteiger partial charge in [-0.1, -0.05) is 59.8 Å². The van der Waals surface area contributed by atoms with Crippen LogP contribution in [0.3, 0.4) is 0 Å². The molecular weight excluding hydrogens is 712 g/mol. The molecule has 17 nitrogen and oxygen atoms in total. The van der Waals surface area contributed by atoms with E-state index < -0.39 is 66.9 Å². The maximum Gasteiger partial charge on any atom is 0.243 e. The lowest BCUT2D eigenvalue weighted by Crippen LogP contribution is -2.58. The zero-order valence-corrected chi connectivity index (χ0v) is 29.9. The van der Waals surface area contributed by atoms with Gasteiger partial charge in [0.2, 0.25) is 29.5 Å². The monoisotopic (exact) mass is 756 g/mol. The van der Waals surface area contributed by atoms with Crippen molar-refractivity contribution in [3.05, 3.63) is 89.7 Å². The van der Waals surface area contributed by atoms with Gasteiger partial charge in [0.05, 0.1) is 18.8 Å². The molecule has 1 aliphatic rings. The van der Waals surface area contributed by atoms with Gasteiger partial charge in [-0.05, 0) is 46.9 Å². The van der Waals surface area contributed by atoms with Gasteiger partial charge in [-0.2, -0.15) is 0 Å². The summed E-state index contributed by atoms with van der Waals surface area (Å²) in [6.45, 7) is -1.20. The Balaban J connectivity index is 1.49. The van der Waals surface area contributed by atoms with Gasteiger partial charge in [0.15, 0.2) is 5.96 Å². The highest BCUT2D eigenvalue weighted by atomic mass is 18.2. The van der Waals surface area contributed by atoms with E-state index in [-0.39, 0.29) is 62.6 Å². The zero-order chi connectivity index (χ0) is 39.3. The molecule has 0 aliphatic carbocycles. The van der Waals surface area contributed by atoms with Gasteiger partial charge in [0, 0.05) is 32.0 Å². The van der Waals surface area contributed by atoms with Crippen molar-refractivity contribution in [1.29, 1.82) is 0 Å². The Morgan fingerprint density at radius 1 is 0.782 bits per heavy atom. The molecule has 10 N–H and O–H groups in total. The minimum Gasteiger partial charge on any atom is -0.508 e. The van der Waals surface area contributed by atoms with Crippen LogP contribution >= 0.6 is 0 Å². The highest BCUT2D eigenvalue weighted by molar-refractivity contribution is 5.97. The van der Waals surface area contributed by atoms with Crippen molar-refractivity contribution in [1.82, 2.24) is 41.6 Å². The largest absolute Gasteiger partial charge is 0.508 e. The molecule has 0 bridgehead atoms. The van der Waals surface area contributed by atoms with Gasteiger partial charge < -0.3 is 43.2 Å². The molecule has 4 atom stereocenters. The number of nitrogens with one attached hydrogen (secondary N) is 5. The first kappa shape index (κ1) is 39.6. The minimum absolute atomic E-state index is 0.00573. The van der Waals surface area contributed by atoms with Crippen molar-refractivity contribution in [2.75, 3.05) is 19.8 Å². The number of benzene rings is 3. The number of halogens is 1. The summed E-state index contributed by atoms with van der Waals surface area (Å²) in [6, 6.07) is 14.2. The second-order valence-corrected chi connectivity index (χ2v) is 13.1. The molecule has 1 aliphatic heterocycles. The number of amides is 5. The van der Waals surface area contributed by atoms with Crippen LogP contribution in [0, 0.1) is 0 Å². The number of fused-ring (bicyclic) bond motifs is 1. The number of rotatable bonds is 12. The molecule has 55 heavy (non-hydrogen) atoms. The number of carbonyl (C=O) groups excluding carboxylic acids is 5. The second kappa shape index (κ2) is 18.9. The second-order valence-electron chi connectivity index (χ2n) is 13.1. The molecule has 3 aromatic carbocycles. The Morgan fingerprint density at radius 3 is 2.11 bits per heavy atom. The number of hydrogen-bond donors (Lipinski definition) is 8. The summed E-state index contributed by atoms with van der Waals surface area (Å²) in [5.74, 6) is -3.80. The molecule has 290 valence electrons. The highest BCUT2D eigenvalue weighted by Gasteiger charge is 2.33. The molecule has 0 radical (unpaired) electrons. The van der Waals surface area contributed by atoms with Gasteiger partial charge in [0.1, 0.15) is 36.6 Å². The smallest absolute Gasteiger partial charge is 0.243 e.